The van der Waals surface area contributed by atoms with Crippen LogP contribution in [-0.4, -0.2) is 55.1 Å². The van der Waals surface area contributed by atoms with Gasteiger partial charge in [0, 0.05) is 61.7 Å². The van der Waals surface area contributed by atoms with Crippen molar-refractivity contribution in [2.75, 3.05) is 0 Å². The van der Waals surface area contributed by atoms with E-state index in [2.05, 4.69) is 0 Å². The normalized spacial score (nSPS) is 0. The standard InChI is InChI=1S/Al.Ca.Gd.Ti.5H/q;+2;;;;;;2*-1. The molecule has 0 aliphatic heterocycles. The van der Waals surface area contributed by atoms with Crippen molar-refractivity contribution < 1.29 is 64.5 Å². The predicted molar refractivity (Wildman–Crippen MR) is 17.9 cm³/mol. The zero-order valence-corrected chi connectivity index (χ0v) is 7.60. The maximum absolute atomic E-state index is 0. The summed E-state index contributed by atoms with van der Waals surface area (Å²) >= 11 is 0. The molecule has 0 aliphatic rings. The van der Waals surface area contributed by atoms with E-state index in [-0.39, 0.29) is 120 Å². The number of hydrogen-bond donors (Lipinski definition) is 0. The Morgan fingerprint density at radius 1 is 1.25 bits per heavy atom. The molecule has 0 aromatic rings. The van der Waals surface area contributed by atoms with Crippen LogP contribution in [0, 0.1) is 39.9 Å². The summed E-state index contributed by atoms with van der Waals surface area (Å²) in [5.74, 6) is 0. The molecule has 0 saturated heterocycles. The summed E-state index contributed by atoms with van der Waals surface area (Å²) in [6, 6.07) is 0. The van der Waals surface area contributed by atoms with Crippen molar-refractivity contribution in [1.82, 2.24) is 0 Å². The van der Waals surface area contributed by atoms with Crippen LogP contribution in [0.25, 0.3) is 0 Å². The van der Waals surface area contributed by atoms with Gasteiger partial charge in [0.2, 0.25) is 0 Å². The van der Waals surface area contributed by atoms with Crippen LogP contribution < -0.4 is 0 Å². The van der Waals surface area contributed by atoms with Crippen LogP contribution in [0.15, 0.2) is 0 Å². The van der Waals surface area contributed by atoms with E-state index in [0.717, 1.165) is 0 Å². The van der Waals surface area contributed by atoms with Gasteiger partial charge in [0.1, 0.15) is 0 Å². The summed E-state index contributed by atoms with van der Waals surface area (Å²) in [7, 11) is 0. The van der Waals surface area contributed by atoms with Gasteiger partial charge in [-0.2, -0.15) is 0 Å². The van der Waals surface area contributed by atoms with Gasteiger partial charge in [-0.25, -0.2) is 0 Å². The number of hydrogen-bond acceptors (Lipinski definition) is 0. The zero-order valence-electron chi connectivity index (χ0n) is 3.56. The minimum Gasteiger partial charge on any atom is -1.00 e. The monoisotopic (exact) mass is 278 g/mol. The van der Waals surface area contributed by atoms with Crippen molar-refractivity contribution in [2.45, 2.75) is 0 Å². The molecule has 0 bridgehead atoms. The van der Waals surface area contributed by atoms with Gasteiger partial charge in [-0.05, 0) is 0 Å². The van der Waals surface area contributed by atoms with E-state index < -0.39 is 0 Å². The molecule has 0 fully saturated rings. The Morgan fingerprint density at radius 3 is 1.25 bits per heavy atom. The van der Waals surface area contributed by atoms with E-state index >= 15 is 0 Å². The Hall–Kier alpha value is 3.83. The Balaban J connectivity index is 0. The second-order valence-corrected chi connectivity index (χ2v) is 0. The van der Waals surface area contributed by atoms with Gasteiger partial charge >= 0.3 is 37.7 Å². The van der Waals surface area contributed by atoms with Gasteiger partial charge in [0.05, 0.1) is 0 Å². The molecule has 22 valence electrons. The van der Waals surface area contributed by atoms with E-state index in [1.54, 1.807) is 0 Å². The Morgan fingerprint density at radius 2 is 1.25 bits per heavy atom. The first-order valence-corrected chi connectivity index (χ1v) is 0. The summed E-state index contributed by atoms with van der Waals surface area (Å²) in [5, 5.41) is 0. The molecule has 0 N–H and O–H groups in total. The first-order chi connectivity index (χ1) is 0. The van der Waals surface area contributed by atoms with Crippen molar-refractivity contribution in [3.63, 3.8) is 0 Å². The van der Waals surface area contributed by atoms with Crippen LogP contribution in [0.4, 0.5) is 0 Å². The van der Waals surface area contributed by atoms with E-state index in [9.17, 15) is 0 Å². The molecule has 0 rings (SSSR count). The predicted octanol–water partition coefficient (Wildman–Crippen LogP) is -1.34. The van der Waals surface area contributed by atoms with Crippen molar-refractivity contribution in [3.05, 3.63) is 0 Å². The van der Waals surface area contributed by atoms with Gasteiger partial charge < -0.3 is 2.85 Å². The SMILES string of the molecule is [AlH3].[Ca+2].[Gd].[H-].[H-].[Ti]. The first-order valence-electron chi connectivity index (χ1n) is 0. The van der Waals surface area contributed by atoms with Crippen molar-refractivity contribution >= 4 is 55.1 Å². The Labute approximate surface area is 117 Å². The van der Waals surface area contributed by atoms with Crippen LogP contribution in [0.2, 0.25) is 0 Å². The molecule has 0 aromatic carbocycles. The second kappa shape index (κ2) is 15.8. The molecule has 0 nitrogen and oxygen atoms in total. The van der Waals surface area contributed by atoms with Gasteiger partial charge in [-0.1, -0.05) is 0 Å². The van der Waals surface area contributed by atoms with E-state index in [0.29, 0.717) is 0 Å². The number of rotatable bonds is 0. The van der Waals surface area contributed by atoms with Crippen LogP contribution in [0.5, 0.6) is 0 Å². The molecule has 0 heterocycles. The summed E-state index contributed by atoms with van der Waals surface area (Å²) in [4.78, 5) is 0. The second-order valence-electron chi connectivity index (χ2n) is 0. The smallest absolute Gasteiger partial charge is 1.00 e. The minimum atomic E-state index is 0. The fourth-order valence-corrected chi connectivity index (χ4v) is 0. The molecule has 0 amide bonds. The van der Waals surface area contributed by atoms with Gasteiger partial charge in [-0.15, -0.1) is 0 Å². The van der Waals surface area contributed by atoms with Crippen molar-refractivity contribution in [2.24, 2.45) is 0 Å². The molecule has 0 aromatic heterocycles. The molecular weight excluding hydrogens is 272 g/mol. The quantitative estimate of drug-likeness (QED) is 0.481. The molecule has 0 saturated carbocycles. The largest absolute Gasteiger partial charge is 2.00 e. The first kappa shape index (κ1) is 24.9. The van der Waals surface area contributed by atoms with E-state index in [4.69, 9.17) is 0 Å². The summed E-state index contributed by atoms with van der Waals surface area (Å²) in [6.45, 7) is 0. The summed E-state index contributed by atoms with van der Waals surface area (Å²) in [6.07, 6.45) is 0. The Kier molecular flexibility index (Phi) is 98.5. The topological polar surface area (TPSA) is 0 Å². The van der Waals surface area contributed by atoms with Crippen molar-refractivity contribution in [1.29, 1.82) is 0 Å². The van der Waals surface area contributed by atoms with Gasteiger partial charge in [0.25, 0.3) is 0 Å². The zero-order chi connectivity index (χ0) is 0. The molecular formula is H5AlCaGdTi. The summed E-state index contributed by atoms with van der Waals surface area (Å²) in [5.41, 5.74) is 0. The molecule has 0 unspecified atom stereocenters. The molecule has 4 heavy (non-hydrogen) atoms. The molecule has 0 aliphatic carbocycles. The van der Waals surface area contributed by atoms with Crippen LogP contribution in [0.3, 0.4) is 0 Å². The third-order valence-electron chi connectivity index (χ3n) is 0. The van der Waals surface area contributed by atoms with Crippen LogP contribution in [-0.2, 0) is 21.7 Å². The minimum absolute atomic E-state index is 0. The third kappa shape index (κ3) is 9.27. The average molecular weight is 277 g/mol. The average Bonchev–Trinajstić information content (AvgIpc) is 0. The fraction of sp³-hybridized carbons (Fsp3) is 0. The Bertz CT molecular complexity index is 13.5. The maximum atomic E-state index is 0. The fourth-order valence-electron chi connectivity index (χ4n) is 0. The molecule has 4 heteroatoms. The van der Waals surface area contributed by atoms with Crippen LogP contribution in [0.1, 0.15) is 2.85 Å². The summed E-state index contributed by atoms with van der Waals surface area (Å²) < 4.78 is 0. The maximum Gasteiger partial charge on any atom is 2.00 e. The molecule has 0 spiro atoms. The molecule has 0 radical (unpaired) electrons. The molecule has 0 atom stereocenters. The van der Waals surface area contributed by atoms with Crippen LogP contribution >= 0.6 is 0 Å². The van der Waals surface area contributed by atoms with Gasteiger partial charge in [0.15, 0.2) is 17.4 Å². The van der Waals surface area contributed by atoms with Crippen molar-refractivity contribution in [3.8, 4) is 0 Å². The van der Waals surface area contributed by atoms with E-state index in [1.807, 2.05) is 0 Å². The third-order valence-corrected chi connectivity index (χ3v) is 0. The van der Waals surface area contributed by atoms with E-state index in [1.165, 1.54) is 0 Å². The van der Waals surface area contributed by atoms with Gasteiger partial charge in [-0.3, -0.25) is 0 Å².